The van der Waals surface area contributed by atoms with Crippen LogP contribution in [0.5, 0.6) is 5.75 Å². The van der Waals surface area contributed by atoms with E-state index < -0.39 is 0 Å². The second-order valence-electron chi connectivity index (χ2n) is 3.54. The van der Waals surface area contributed by atoms with E-state index >= 15 is 0 Å². The van der Waals surface area contributed by atoms with Crippen molar-refractivity contribution in [2.24, 2.45) is 0 Å². The van der Waals surface area contributed by atoms with E-state index in [2.05, 4.69) is 24.9 Å². The van der Waals surface area contributed by atoms with Crippen LogP contribution < -0.4 is 4.74 Å². The predicted octanol–water partition coefficient (Wildman–Crippen LogP) is 3.38. The molecule has 1 rings (SSSR count). The van der Waals surface area contributed by atoms with Gasteiger partial charge in [0.05, 0.1) is 12.8 Å². The molecule has 0 amide bonds. The highest BCUT2D eigenvalue weighted by molar-refractivity contribution is 5.21. The van der Waals surface area contributed by atoms with Crippen molar-refractivity contribution < 1.29 is 4.74 Å². The summed E-state index contributed by atoms with van der Waals surface area (Å²) in [6, 6.07) is 4.06. The highest BCUT2D eigenvalue weighted by Gasteiger charge is 2.05. The molecule has 0 N–H and O–H groups in total. The van der Waals surface area contributed by atoms with Crippen LogP contribution in [0.1, 0.15) is 45.2 Å². The fourth-order valence-electron chi connectivity index (χ4n) is 1.52. The number of nitrogens with zero attached hydrogens (tertiary/aromatic N) is 1. The topological polar surface area (TPSA) is 22.1 Å². The quantitative estimate of drug-likeness (QED) is 0.715. The highest BCUT2D eigenvalue weighted by atomic mass is 16.5. The van der Waals surface area contributed by atoms with E-state index in [1.54, 1.807) is 0 Å². The SMILES string of the molecule is CCCC(C)c1ccc(OCC)cn1. The van der Waals surface area contributed by atoms with E-state index in [0.29, 0.717) is 12.5 Å². The summed E-state index contributed by atoms with van der Waals surface area (Å²) in [5.41, 5.74) is 1.16. The molecule has 14 heavy (non-hydrogen) atoms. The third-order valence-corrected chi connectivity index (χ3v) is 2.30. The summed E-state index contributed by atoms with van der Waals surface area (Å²) in [5, 5.41) is 0. The minimum atomic E-state index is 0.552. The standard InChI is InChI=1S/C12H19NO/c1-4-6-10(3)12-8-7-11(9-13-12)14-5-2/h7-10H,4-6H2,1-3H3. The Balaban J connectivity index is 2.62. The summed E-state index contributed by atoms with van der Waals surface area (Å²) in [5.74, 6) is 1.41. The molecule has 1 unspecified atom stereocenters. The van der Waals surface area contributed by atoms with Gasteiger partial charge in [0.1, 0.15) is 5.75 Å². The summed E-state index contributed by atoms with van der Waals surface area (Å²) in [7, 11) is 0. The number of ether oxygens (including phenoxy) is 1. The van der Waals surface area contributed by atoms with Gasteiger partial charge in [-0.2, -0.15) is 0 Å². The molecule has 0 aromatic carbocycles. The first-order chi connectivity index (χ1) is 6.77. The average molecular weight is 193 g/mol. The van der Waals surface area contributed by atoms with Crippen molar-refractivity contribution in [3.63, 3.8) is 0 Å². The van der Waals surface area contributed by atoms with Gasteiger partial charge in [-0.25, -0.2) is 0 Å². The van der Waals surface area contributed by atoms with Crippen molar-refractivity contribution in [2.45, 2.75) is 39.5 Å². The Morgan fingerprint density at radius 2 is 2.14 bits per heavy atom. The van der Waals surface area contributed by atoms with Gasteiger partial charge in [-0.05, 0) is 31.4 Å². The molecule has 1 aromatic rings. The number of pyridine rings is 1. The van der Waals surface area contributed by atoms with E-state index in [1.165, 1.54) is 12.8 Å². The van der Waals surface area contributed by atoms with Crippen LogP contribution >= 0.6 is 0 Å². The summed E-state index contributed by atoms with van der Waals surface area (Å²) in [6.07, 6.45) is 4.21. The molecule has 0 bridgehead atoms. The van der Waals surface area contributed by atoms with E-state index in [0.717, 1.165) is 11.4 Å². The first-order valence-corrected chi connectivity index (χ1v) is 5.36. The van der Waals surface area contributed by atoms with Crippen molar-refractivity contribution in [3.05, 3.63) is 24.0 Å². The minimum absolute atomic E-state index is 0.552. The van der Waals surface area contributed by atoms with Crippen LogP contribution in [0.25, 0.3) is 0 Å². The summed E-state index contributed by atoms with van der Waals surface area (Å²) in [6.45, 7) is 7.09. The second-order valence-corrected chi connectivity index (χ2v) is 3.54. The molecule has 0 aliphatic carbocycles. The number of aromatic nitrogens is 1. The number of rotatable bonds is 5. The van der Waals surface area contributed by atoms with Crippen molar-refractivity contribution >= 4 is 0 Å². The number of hydrogen-bond donors (Lipinski definition) is 0. The molecule has 0 saturated carbocycles. The Bertz CT molecular complexity index is 256. The molecule has 78 valence electrons. The summed E-state index contributed by atoms with van der Waals surface area (Å²) >= 11 is 0. The normalized spacial score (nSPS) is 12.5. The van der Waals surface area contributed by atoms with Crippen molar-refractivity contribution in [1.82, 2.24) is 4.98 Å². The zero-order valence-corrected chi connectivity index (χ0v) is 9.29. The highest BCUT2D eigenvalue weighted by Crippen LogP contribution is 2.20. The molecule has 2 heteroatoms. The molecule has 0 spiro atoms. The lowest BCUT2D eigenvalue weighted by Crippen LogP contribution is -1.98. The van der Waals surface area contributed by atoms with Gasteiger partial charge in [-0.15, -0.1) is 0 Å². The largest absolute Gasteiger partial charge is 0.492 e. The fourth-order valence-corrected chi connectivity index (χ4v) is 1.52. The lowest BCUT2D eigenvalue weighted by atomic mass is 10.0. The molecule has 1 heterocycles. The molecule has 0 aliphatic heterocycles. The van der Waals surface area contributed by atoms with Gasteiger partial charge in [0, 0.05) is 5.69 Å². The monoisotopic (exact) mass is 193 g/mol. The van der Waals surface area contributed by atoms with Gasteiger partial charge >= 0.3 is 0 Å². The minimum Gasteiger partial charge on any atom is -0.492 e. The molecule has 0 fully saturated rings. The maximum atomic E-state index is 5.34. The molecule has 0 radical (unpaired) electrons. The zero-order chi connectivity index (χ0) is 10.4. The number of hydrogen-bond acceptors (Lipinski definition) is 2. The van der Waals surface area contributed by atoms with Gasteiger partial charge < -0.3 is 4.74 Å². The van der Waals surface area contributed by atoms with E-state index in [-0.39, 0.29) is 0 Å². The molecular weight excluding hydrogens is 174 g/mol. The van der Waals surface area contributed by atoms with Crippen LogP contribution in [-0.4, -0.2) is 11.6 Å². The van der Waals surface area contributed by atoms with Crippen molar-refractivity contribution in [1.29, 1.82) is 0 Å². The Morgan fingerprint density at radius 3 is 2.64 bits per heavy atom. The molecule has 0 saturated heterocycles. The summed E-state index contributed by atoms with van der Waals surface area (Å²) in [4.78, 5) is 4.39. The zero-order valence-electron chi connectivity index (χ0n) is 9.29. The molecular formula is C12H19NO. The van der Waals surface area contributed by atoms with Gasteiger partial charge in [0.15, 0.2) is 0 Å². The Kier molecular flexibility index (Phi) is 4.44. The fraction of sp³-hybridized carbons (Fsp3) is 0.583. The van der Waals surface area contributed by atoms with Crippen molar-refractivity contribution in [3.8, 4) is 5.75 Å². The van der Waals surface area contributed by atoms with Crippen LogP contribution in [-0.2, 0) is 0 Å². The second kappa shape index (κ2) is 5.63. The molecule has 1 atom stereocenters. The van der Waals surface area contributed by atoms with Gasteiger partial charge in [0.2, 0.25) is 0 Å². The molecule has 1 aromatic heterocycles. The lowest BCUT2D eigenvalue weighted by molar-refractivity contribution is 0.338. The van der Waals surface area contributed by atoms with Crippen LogP contribution in [0, 0.1) is 0 Å². The van der Waals surface area contributed by atoms with Gasteiger partial charge in [-0.3, -0.25) is 4.98 Å². The average Bonchev–Trinajstić information content (AvgIpc) is 2.20. The van der Waals surface area contributed by atoms with Crippen LogP contribution in [0.3, 0.4) is 0 Å². The molecule has 0 aliphatic rings. The Hall–Kier alpha value is -1.05. The molecule has 2 nitrogen and oxygen atoms in total. The third-order valence-electron chi connectivity index (χ3n) is 2.30. The lowest BCUT2D eigenvalue weighted by Gasteiger charge is -2.09. The van der Waals surface area contributed by atoms with E-state index in [1.807, 2.05) is 19.2 Å². The first kappa shape index (κ1) is 11.0. The Labute approximate surface area is 86.3 Å². The van der Waals surface area contributed by atoms with Crippen LogP contribution in [0.15, 0.2) is 18.3 Å². The maximum Gasteiger partial charge on any atom is 0.137 e. The van der Waals surface area contributed by atoms with E-state index in [9.17, 15) is 0 Å². The van der Waals surface area contributed by atoms with Gasteiger partial charge in [0.25, 0.3) is 0 Å². The third kappa shape index (κ3) is 3.02. The van der Waals surface area contributed by atoms with E-state index in [4.69, 9.17) is 4.74 Å². The Morgan fingerprint density at radius 1 is 1.36 bits per heavy atom. The maximum absolute atomic E-state index is 5.34. The first-order valence-electron chi connectivity index (χ1n) is 5.36. The predicted molar refractivity (Wildman–Crippen MR) is 58.7 cm³/mol. The van der Waals surface area contributed by atoms with Crippen LogP contribution in [0.2, 0.25) is 0 Å². The van der Waals surface area contributed by atoms with Crippen molar-refractivity contribution in [2.75, 3.05) is 6.61 Å². The smallest absolute Gasteiger partial charge is 0.137 e. The van der Waals surface area contributed by atoms with Gasteiger partial charge in [-0.1, -0.05) is 20.3 Å². The van der Waals surface area contributed by atoms with Crippen LogP contribution in [0.4, 0.5) is 0 Å². The summed E-state index contributed by atoms with van der Waals surface area (Å²) < 4.78 is 5.34.